The number of alkyl halides is 9. The van der Waals surface area contributed by atoms with Gasteiger partial charge >= 0.3 is 18.5 Å². The van der Waals surface area contributed by atoms with Gasteiger partial charge in [-0.05, 0) is 54.3 Å². The molecule has 1 fully saturated rings. The zero-order valence-corrected chi connectivity index (χ0v) is 20.9. The number of hydrogen-bond acceptors (Lipinski definition) is 2. The number of benzene rings is 2. The van der Waals surface area contributed by atoms with Gasteiger partial charge in [-0.2, -0.15) is 39.5 Å². The first-order valence-corrected chi connectivity index (χ1v) is 11.7. The van der Waals surface area contributed by atoms with Crippen molar-refractivity contribution < 1.29 is 53.5 Å². The summed E-state index contributed by atoms with van der Waals surface area (Å²) in [7, 11) is 0. The molecule has 0 heterocycles. The van der Waals surface area contributed by atoms with Crippen LogP contribution < -0.4 is 10.6 Å². The van der Waals surface area contributed by atoms with Crippen molar-refractivity contribution in [1.29, 1.82) is 0 Å². The van der Waals surface area contributed by atoms with Gasteiger partial charge < -0.3 is 10.6 Å². The summed E-state index contributed by atoms with van der Waals surface area (Å²) < 4.78 is 133. The Morgan fingerprint density at radius 2 is 1.62 bits per heavy atom. The van der Waals surface area contributed by atoms with Gasteiger partial charge in [0.25, 0.3) is 5.91 Å². The first kappa shape index (κ1) is 30.4. The van der Waals surface area contributed by atoms with Gasteiger partial charge in [-0.25, -0.2) is 4.39 Å². The summed E-state index contributed by atoms with van der Waals surface area (Å²) >= 11 is 2.88. The number of carbonyl (C=O) groups excluding carboxylic acids is 2. The molecule has 39 heavy (non-hydrogen) atoms. The fraction of sp³-hybridized carbons (Fsp3) is 0.333. The minimum Gasteiger partial charge on any atom is -0.345 e. The average molecular weight is 635 g/mol. The summed E-state index contributed by atoms with van der Waals surface area (Å²) in [6.07, 6.45) is -13.8. The predicted molar refractivity (Wildman–Crippen MR) is 122 cm³/mol. The molecule has 2 aromatic carbocycles. The van der Waals surface area contributed by atoms with Gasteiger partial charge in [-0.1, -0.05) is 34.1 Å². The van der Waals surface area contributed by atoms with Gasteiger partial charge in [0.05, 0.1) is 17.0 Å². The lowest BCUT2D eigenvalue weighted by molar-refractivity contribution is -0.140. The molecule has 15 heteroatoms. The Bertz CT molecular complexity index is 1260. The predicted octanol–water partition coefficient (Wildman–Crippen LogP) is 6.91. The van der Waals surface area contributed by atoms with E-state index in [0.29, 0.717) is 24.3 Å². The van der Waals surface area contributed by atoms with E-state index in [4.69, 9.17) is 0 Å². The monoisotopic (exact) mass is 634 g/mol. The third-order valence-electron chi connectivity index (χ3n) is 5.66. The van der Waals surface area contributed by atoms with E-state index in [1.165, 1.54) is 0 Å². The van der Waals surface area contributed by atoms with Gasteiger partial charge in [-0.3, -0.25) is 9.59 Å². The van der Waals surface area contributed by atoms with E-state index >= 15 is 0 Å². The third kappa shape index (κ3) is 7.96. The Balaban J connectivity index is 1.89. The van der Waals surface area contributed by atoms with Crippen LogP contribution in [0.25, 0.3) is 6.08 Å². The molecule has 4 nitrogen and oxygen atoms in total. The zero-order chi connectivity index (χ0) is 29.4. The van der Waals surface area contributed by atoms with Crippen LogP contribution in [0.4, 0.5) is 43.9 Å². The van der Waals surface area contributed by atoms with Crippen molar-refractivity contribution in [3.8, 4) is 0 Å². The Morgan fingerprint density at radius 3 is 2.13 bits per heavy atom. The number of halogens is 11. The van der Waals surface area contributed by atoms with E-state index < -0.39 is 70.9 Å². The second-order valence-electron chi connectivity index (χ2n) is 8.72. The highest BCUT2D eigenvalue weighted by molar-refractivity contribution is 9.10. The van der Waals surface area contributed by atoms with Crippen molar-refractivity contribution >= 4 is 33.8 Å². The minimum absolute atomic E-state index is 0.00963. The molecular weight excluding hydrogens is 618 g/mol. The van der Waals surface area contributed by atoms with Crippen LogP contribution in [0.15, 0.2) is 46.9 Å². The molecule has 0 aromatic heterocycles. The van der Waals surface area contributed by atoms with Crippen molar-refractivity contribution in [2.75, 3.05) is 6.54 Å². The molecule has 2 aromatic rings. The van der Waals surface area contributed by atoms with Crippen LogP contribution in [0.5, 0.6) is 0 Å². The van der Waals surface area contributed by atoms with E-state index in [1.807, 2.05) is 5.32 Å². The molecular formula is C24H17BrF10N2O2. The maximum absolute atomic E-state index is 13.8. The second kappa shape index (κ2) is 10.8. The van der Waals surface area contributed by atoms with Gasteiger partial charge in [0.2, 0.25) is 5.91 Å². The van der Waals surface area contributed by atoms with Crippen LogP contribution in [-0.2, 0) is 11.0 Å². The fourth-order valence-electron chi connectivity index (χ4n) is 3.64. The average Bonchev–Trinajstić information content (AvgIpc) is 3.55. The van der Waals surface area contributed by atoms with Crippen LogP contribution in [0.2, 0.25) is 0 Å². The lowest BCUT2D eigenvalue weighted by Crippen LogP contribution is -2.51. The van der Waals surface area contributed by atoms with Gasteiger partial charge in [0, 0.05) is 4.47 Å². The largest absolute Gasteiger partial charge is 0.417 e. The summed E-state index contributed by atoms with van der Waals surface area (Å²) in [4.78, 5) is 24.7. The Morgan fingerprint density at radius 1 is 0.974 bits per heavy atom. The molecule has 1 saturated carbocycles. The maximum atomic E-state index is 13.8. The van der Waals surface area contributed by atoms with E-state index in [0.717, 1.165) is 24.3 Å². The molecule has 1 aliphatic carbocycles. The van der Waals surface area contributed by atoms with Crippen molar-refractivity contribution in [1.82, 2.24) is 10.6 Å². The van der Waals surface area contributed by atoms with Crippen LogP contribution in [0.3, 0.4) is 0 Å². The highest BCUT2D eigenvalue weighted by Crippen LogP contribution is 2.40. The zero-order valence-electron chi connectivity index (χ0n) is 19.3. The first-order valence-electron chi connectivity index (χ1n) is 10.9. The molecule has 1 aliphatic rings. The lowest BCUT2D eigenvalue weighted by Gasteiger charge is -2.20. The molecule has 3 rings (SSSR count). The van der Waals surface area contributed by atoms with Gasteiger partial charge in [0.15, 0.2) is 0 Å². The topological polar surface area (TPSA) is 58.2 Å². The summed E-state index contributed by atoms with van der Waals surface area (Å²) in [5, 5.41) is 3.60. The van der Waals surface area contributed by atoms with Gasteiger partial charge in [0.1, 0.15) is 17.9 Å². The normalized spacial score (nSPS) is 16.2. The summed E-state index contributed by atoms with van der Waals surface area (Å²) in [6, 6.07) is 4.54. The number of carbonyl (C=O) groups is 2. The quantitative estimate of drug-likeness (QED) is 0.325. The molecule has 2 N–H and O–H groups in total. The lowest BCUT2D eigenvalue weighted by atomic mass is 9.96. The number of amides is 2. The molecule has 2 amide bonds. The van der Waals surface area contributed by atoms with Crippen LogP contribution >= 0.6 is 15.9 Å². The third-order valence-corrected chi connectivity index (χ3v) is 6.12. The number of nitrogens with one attached hydrogen (secondary N) is 2. The second-order valence-corrected chi connectivity index (χ2v) is 9.63. The molecule has 0 radical (unpaired) electrons. The van der Waals surface area contributed by atoms with Crippen LogP contribution in [-0.4, -0.2) is 36.3 Å². The highest BCUT2D eigenvalue weighted by atomic mass is 79.9. The maximum Gasteiger partial charge on any atom is 0.417 e. The van der Waals surface area contributed by atoms with Crippen molar-refractivity contribution in [3.63, 3.8) is 0 Å². The standard InChI is InChI=1S/C24H17BrF10N2O2/c25-14-8-13(9-15(26)10-14)17(23(30,31)32)4-2-12-1-3-16(18(7-12)24(33,34)35)19(38)37-21(5-6-21)20(39)36-11-22(27,28)29/h1-4,7-10,17H,5-6,11H2,(H,36,39)(H,37,38)/b4-2+. The summed E-state index contributed by atoms with van der Waals surface area (Å²) in [6.45, 7) is -1.70. The smallest absolute Gasteiger partial charge is 0.345 e. The van der Waals surface area contributed by atoms with E-state index in [9.17, 15) is 53.5 Å². The molecule has 212 valence electrons. The molecule has 1 unspecified atom stereocenters. The minimum atomic E-state index is -5.16. The molecule has 1 atom stereocenters. The summed E-state index contributed by atoms with van der Waals surface area (Å²) in [5.41, 5.74) is -5.26. The van der Waals surface area contributed by atoms with E-state index in [2.05, 4.69) is 15.9 Å². The first-order chi connectivity index (χ1) is 17.8. The van der Waals surface area contributed by atoms with Crippen LogP contribution in [0.1, 0.15) is 45.8 Å². The number of hydrogen-bond donors (Lipinski definition) is 2. The van der Waals surface area contributed by atoms with Crippen molar-refractivity contribution in [2.24, 2.45) is 0 Å². The molecule has 0 aliphatic heterocycles. The van der Waals surface area contributed by atoms with Crippen LogP contribution in [0, 0.1) is 5.82 Å². The number of rotatable bonds is 7. The molecule has 0 saturated heterocycles. The molecule has 0 spiro atoms. The van der Waals surface area contributed by atoms with Gasteiger partial charge in [-0.15, -0.1) is 0 Å². The van der Waals surface area contributed by atoms with E-state index in [1.54, 1.807) is 5.32 Å². The van der Waals surface area contributed by atoms with E-state index in [-0.39, 0.29) is 22.9 Å². The highest BCUT2D eigenvalue weighted by Gasteiger charge is 2.52. The summed E-state index contributed by atoms with van der Waals surface area (Å²) in [5.74, 6) is -5.98. The Hall–Kier alpha value is -3.10. The fourth-order valence-corrected chi connectivity index (χ4v) is 4.12. The SMILES string of the molecule is O=C(NC1(C(=O)NCC(F)(F)F)CC1)c1ccc(/C=C/C(c2cc(F)cc(Br)c2)C(F)(F)F)cc1C(F)(F)F. The van der Waals surface area contributed by atoms with Crippen molar-refractivity contribution in [3.05, 3.63) is 75.0 Å². The Kier molecular flexibility index (Phi) is 8.44. The Labute approximate surface area is 222 Å². The van der Waals surface area contributed by atoms with Crippen molar-refractivity contribution in [2.45, 2.75) is 42.8 Å². The number of allylic oxidation sites excluding steroid dienone is 1. The molecule has 0 bridgehead atoms.